The van der Waals surface area contributed by atoms with Crippen LogP contribution >= 0.6 is 0 Å². The first-order chi connectivity index (χ1) is 8.11. The number of amides is 1. The summed E-state index contributed by atoms with van der Waals surface area (Å²) in [5.74, 6) is -0.0193. The topological polar surface area (TPSA) is 67.4 Å². The fourth-order valence-electron chi connectivity index (χ4n) is 2.15. The summed E-state index contributed by atoms with van der Waals surface area (Å²) in [6, 6.07) is 0.0863. The zero-order valence-electron chi connectivity index (χ0n) is 10.3. The lowest BCUT2D eigenvalue weighted by atomic mass is 10.1. The third-order valence-corrected chi connectivity index (χ3v) is 3.14. The van der Waals surface area contributed by atoms with Crippen molar-refractivity contribution in [2.75, 3.05) is 33.2 Å². The predicted octanol–water partition coefficient (Wildman–Crippen LogP) is -0.865. The molecule has 0 aliphatic carbocycles. The van der Waals surface area contributed by atoms with Crippen LogP contribution in [0.15, 0.2) is 12.5 Å². The standard InChI is InChI=1S/C11H19N5O/c1-14-3-4-16(9(5-12)6-14)11(17)10-7-15(2)8-13-10/h7-9H,3-6,12H2,1-2H3. The number of hydrogen-bond donors (Lipinski definition) is 1. The summed E-state index contributed by atoms with van der Waals surface area (Å²) < 4.78 is 1.78. The molecule has 1 aromatic rings. The van der Waals surface area contributed by atoms with Crippen molar-refractivity contribution in [3.05, 3.63) is 18.2 Å². The molecular weight excluding hydrogens is 218 g/mol. The summed E-state index contributed by atoms with van der Waals surface area (Å²) in [5, 5.41) is 0. The summed E-state index contributed by atoms with van der Waals surface area (Å²) in [4.78, 5) is 20.4. The van der Waals surface area contributed by atoms with Gasteiger partial charge in [-0.05, 0) is 7.05 Å². The van der Waals surface area contributed by atoms with Crippen LogP contribution in [0.5, 0.6) is 0 Å². The Morgan fingerprint density at radius 3 is 2.88 bits per heavy atom. The van der Waals surface area contributed by atoms with Crippen molar-refractivity contribution in [2.45, 2.75) is 6.04 Å². The molecule has 0 spiro atoms. The first kappa shape index (κ1) is 12.1. The molecule has 1 unspecified atom stereocenters. The van der Waals surface area contributed by atoms with Crippen LogP contribution in [0.4, 0.5) is 0 Å². The van der Waals surface area contributed by atoms with Gasteiger partial charge in [-0.1, -0.05) is 0 Å². The molecule has 1 aliphatic rings. The van der Waals surface area contributed by atoms with Gasteiger partial charge in [-0.2, -0.15) is 0 Å². The smallest absolute Gasteiger partial charge is 0.274 e. The van der Waals surface area contributed by atoms with Crippen LogP contribution < -0.4 is 5.73 Å². The number of carbonyl (C=O) groups excluding carboxylic acids is 1. The van der Waals surface area contributed by atoms with Crippen LogP contribution in [0.25, 0.3) is 0 Å². The zero-order chi connectivity index (χ0) is 12.4. The molecule has 2 N–H and O–H groups in total. The maximum Gasteiger partial charge on any atom is 0.274 e. The minimum atomic E-state index is -0.0193. The molecule has 94 valence electrons. The van der Waals surface area contributed by atoms with Crippen LogP contribution in [-0.4, -0.2) is 64.5 Å². The van der Waals surface area contributed by atoms with Gasteiger partial charge >= 0.3 is 0 Å². The molecule has 1 aromatic heterocycles. The van der Waals surface area contributed by atoms with Crippen LogP contribution in [-0.2, 0) is 7.05 Å². The van der Waals surface area contributed by atoms with E-state index in [-0.39, 0.29) is 11.9 Å². The predicted molar refractivity (Wildman–Crippen MR) is 64.6 cm³/mol. The number of carbonyl (C=O) groups is 1. The molecule has 17 heavy (non-hydrogen) atoms. The summed E-state index contributed by atoms with van der Waals surface area (Å²) in [5.41, 5.74) is 6.23. The Morgan fingerprint density at radius 1 is 1.53 bits per heavy atom. The van der Waals surface area contributed by atoms with E-state index in [1.165, 1.54) is 0 Å². The molecule has 0 saturated carbocycles. The Kier molecular flexibility index (Phi) is 3.44. The summed E-state index contributed by atoms with van der Waals surface area (Å²) >= 11 is 0. The Labute approximate surface area is 101 Å². The third kappa shape index (κ3) is 2.48. The Morgan fingerprint density at radius 2 is 2.29 bits per heavy atom. The maximum atomic E-state index is 12.3. The van der Waals surface area contributed by atoms with Crippen LogP contribution in [0.3, 0.4) is 0 Å². The average molecular weight is 237 g/mol. The normalized spacial score (nSPS) is 21.8. The molecule has 1 amide bonds. The van der Waals surface area contributed by atoms with Crippen molar-refractivity contribution in [3.63, 3.8) is 0 Å². The zero-order valence-corrected chi connectivity index (χ0v) is 10.3. The van der Waals surface area contributed by atoms with E-state index in [9.17, 15) is 4.79 Å². The lowest BCUT2D eigenvalue weighted by molar-refractivity contribution is 0.0510. The first-order valence-corrected chi connectivity index (χ1v) is 5.79. The molecule has 0 radical (unpaired) electrons. The summed E-state index contributed by atoms with van der Waals surface area (Å²) in [6.45, 7) is 2.92. The number of rotatable bonds is 2. The van der Waals surface area contributed by atoms with E-state index in [1.54, 1.807) is 17.1 Å². The number of aryl methyl sites for hydroxylation is 1. The number of imidazole rings is 1. The second-order valence-electron chi connectivity index (χ2n) is 4.57. The van der Waals surface area contributed by atoms with E-state index >= 15 is 0 Å². The summed E-state index contributed by atoms with van der Waals surface area (Å²) in [7, 11) is 3.90. The molecule has 2 heterocycles. The monoisotopic (exact) mass is 237 g/mol. The number of piperazine rings is 1. The Balaban J connectivity index is 2.13. The molecule has 0 bridgehead atoms. The van der Waals surface area contributed by atoms with E-state index in [0.29, 0.717) is 18.8 Å². The highest BCUT2D eigenvalue weighted by molar-refractivity contribution is 5.92. The van der Waals surface area contributed by atoms with Gasteiger partial charge in [0.1, 0.15) is 5.69 Å². The maximum absolute atomic E-state index is 12.3. The van der Waals surface area contributed by atoms with Crippen molar-refractivity contribution in [1.29, 1.82) is 0 Å². The Bertz CT molecular complexity index is 402. The van der Waals surface area contributed by atoms with E-state index in [1.807, 2.05) is 19.0 Å². The van der Waals surface area contributed by atoms with E-state index in [4.69, 9.17) is 5.73 Å². The van der Waals surface area contributed by atoms with Gasteiger partial charge in [0.25, 0.3) is 5.91 Å². The molecule has 1 aliphatic heterocycles. The van der Waals surface area contributed by atoms with Gasteiger partial charge in [0.05, 0.1) is 12.4 Å². The number of hydrogen-bond acceptors (Lipinski definition) is 4. The number of likely N-dealkylation sites (N-methyl/N-ethyl adjacent to an activating group) is 1. The minimum Gasteiger partial charge on any atom is -0.340 e. The number of aromatic nitrogens is 2. The second-order valence-corrected chi connectivity index (χ2v) is 4.57. The largest absolute Gasteiger partial charge is 0.340 e. The molecular formula is C11H19N5O. The first-order valence-electron chi connectivity index (χ1n) is 5.79. The average Bonchev–Trinajstić information content (AvgIpc) is 2.75. The van der Waals surface area contributed by atoms with Crippen molar-refractivity contribution in [3.8, 4) is 0 Å². The van der Waals surface area contributed by atoms with Gasteiger partial charge in [0, 0.05) is 39.4 Å². The lowest BCUT2D eigenvalue weighted by Gasteiger charge is -2.39. The molecule has 0 aromatic carbocycles. The van der Waals surface area contributed by atoms with Gasteiger partial charge in [-0.3, -0.25) is 4.79 Å². The number of nitrogens with zero attached hydrogens (tertiary/aromatic N) is 4. The highest BCUT2D eigenvalue weighted by Gasteiger charge is 2.29. The number of nitrogens with two attached hydrogens (primary N) is 1. The van der Waals surface area contributed by atoms with Crippen LogP contribution in [0.2, 0.25) is 0 Å². The summed E-state index contributed by atoms with van der Waals surface area (Å²) in [6.07, 6.45) is 3.38. The van der Waals surface area contributed by atoms with Gasteiger partial charge in [-0.25, -0.2) is 4.98 Å². The Hall–Kier alpha value is -1.40. The fraction of sp³-hybridized carbons (Fsp3) is 0.636. The van der Waals surface area contributed by atoms with Gasteiger partial charge in [0.2, 0.25) is 0 Å². The highest BCUT2D eigenvalue weighted by atomic mass is 16.2. The SMILES string of the molecule is CN1CCN(C(=O)c2cn(C)cn2)C(CN)C1. The van der Waals surface area contributed by atoms with Crippen LogP contribution in [0, 0.1) is 0 Å². The lowest BCUT2D eigenvalue weighted by Crippen LogP contribution is -2.56. The van der Waals surface area contributed by atoms with Gasteiger partial charge in [-0.15, -0.1) is 0 Å². The van der Waals surface area contributed by atoms with Crippen molar-refractivity contribution in [2.24, 2.45) is 12.8 Å². The molecule has 1 saturated heterocycles. The van der Waals surface area contributed by atoms with E-state index in [0.717, 1.165) is 13.1 Å². The molecule has 1 fully saturated rings. The van der Waals surface area contributed by atoms with Crippen molar-refractivity contribution in [1.82, 2.24) is 19.4 Å². The van der Waals surface area contributed by atoms with Gasteiger partial charge in [0.15, 0.2) is 0 Å². The van der Waals surface area contributed by atoms with Crippen molar-refractivity contribution >= 4 is 5.91 Å². The van der Waals surface area contributed by atoms with Crippen LogP contribution in [0.1, 0.15) is 10.5 Å². The molecule has 6 heteroatoms. The van der Waals surface area contributed by atoms with E-state index in [2.05, 4.69) is 9.88 Å². The van der Waals surface area contributed by atoms with Gasteiger partial charge < -0.3 is 20.1 Å². The van der Waals surface area contributed by atoms with E-state index < -0.39 is 0 Å². The third-order valence-electron chi connectivity index (χ3n) is 3.14. The molecule has 2 rings (SSSR count). The molecule has 6 nitrogen and oxygen atoms in total. The van der Waals surface area contributed by atoms with Crippen molar-refractivity contribution < 1.29 is 4.79 Å². The highest BCUT2D eigenvalue weighted by Crippen LogP contribution is 2.11. The quantitative estimate of drug-likeness (QED) is 0.726. The fourth-order valence-corrected chi connectivity index (χ4v) is 2.15. The minimum absolute atomic E-state index is 0.0193. The molecule has 1 atom stereocenters. The second kappa shape index (κ2) is 4.85.